The lowest BCUT2D eigenvalue weighted by Crippen LogP contribution is -2.30. The first kappa shape index (κ1) is 16.5. The fourth-order valence-electron chi connectivity index (χ4n) is 2.04. The number of hydrogen-bond acceptors (Lipinski definition) is 2. The molecule has 0 saturated carbocycles. The van der Waals surface area contributed by atoms with Gasteiger partial charge in [0.1, 0.15) is 0 Å². The van der Waals surface area contributed by atoms with E-state index in [1.165, 1.54) is 19.1 Å². The monoisotopic (exact) mass is 322 g/mol. The van der Waals surface area contributed by atoms with Crippen LogP contribution in [-0.2, 0) is 9.59 Å². The highest BCUT2D eigenvalue weighted by molar-refractivity contribution is 6.01. The van der Waals surface area contributed by atoms with Gasteiger partial charge < -0.3 is 10.6 Å². The second kappa shape index (κ2) is 6.51. The van der Waals surface area contributed by atoms with Gasteiger partial charge in [0, 0.05) is 29.4 Å². The van der Waals surface area contributed by atoms with Crippen molar-refractivity contribution in [1.29, 1.82) is 0 Å². The van der Waals surface area contributed by atoms with Gasteiger partial charge >= 0.3 is 12.1 Å². The molecule has 23 heavy (non-hydrogen) atoms. The molecule has 7 heteroatoms. The molecule has 2 rings (SSSR count). The Bertz CT molecular complexity index is 742. The molecule has 0 aliphatic rings. The Hall–Kier alpha value is -2.83. The highest BCUT2D eigenvalue weighted by atomic mass is 19.4. The van der Waals surface area contributed by atoms with E-state index in [2.05, 4.69) is 5.32 Å². The van der Waals surface area contributed by atoms with Crippen LogP contribution in [0.25, 0.3) is 11.1 Å². The van der Waals surface area contributed by atoms with Crippen molar-refractivity contribution < 1.29 is 22.8 Å². The number of carbonyl (C=O) groups is 2. The number of carbonyl (C=O) groups excluding carboxylic acids is 2. The van der Waals surface area contributed by atoms with Gasteiger partial charge in [-0.2, -0.15) is 13.2 Å². The number of halogens is 3. The zero-order valence-electron chi connectivity index (χ0n) is 12.1. The predicted octanol–water partition coefficient (Wildman–Crippen LogP) is 3.81. The lowest BCUT2D eigenvalue weighted by atomic mass is 10.0. The zero-order chi connectivity index (χ0) is 17.0. The average Bonchev–Trinajstić information content (AvgIpc) is 2.47. The van der Waals surface area contributed by atoms with Crippen LogP contribution in [0.4, 0.5) is 24.5 Å². The number of anilines is 2. The van der Waals surface area contributed by atoms with Gasteiger partial charge in [-0.25, -0.2) is 0 Å². The van der Waals surface area contributed by atoms with E-state index in [9.17, 15) is 22.8 Å². The number of rotatable bonds is 3. The van der Waals surface area contributed by atoms with Crippen molar-refractivity contribution in [3.05, 3.63) is 48.5 Å². The third kappa shape index (κ3) is 4.09. The van der Waals surface area contributed by atoms with Crippen LogP contribution < -0.4 is 10.6 Å². The molecule has 0 aliphatic carbocycles. The normalized spacial score (nSPS) is 11.0. The lowest BCUT2D eigenvalue weighted by molar-refractivity contribution is -0.167. The summed E-state index contributed by atoms with van der Waals surface area (Å²) in [5, 5.41) is 4.46. The third-order valence-corrected chi connectivity index (χ3v) is 2.96. The van der Waals surface area contributed by atoms with Crippen LogP contribution in [0, 0.1) is 0 Å². The second-order valence-electron chi connectivity index (χ2n) is 4.72. The first-order chi connectivity index (χ1) is 10.8. The lowest BCUT2D eigenvalue weighted by Gasteiger charge is -2.15. The summed E-state index contributed by atoms with van der Waals surface area (Å²) in [5.41, 5.74) is 1.32. The summed E-state index contributed by atoms with van der Waals surface area (Å²) in [7, 11) is 0. The van der Waals surface area contributed by atoms with Gasteiger partial charge in [-0.3, -0.25) is 9.59 Å². The van der Waals surface area contributed by atoms with Crippen LogP contribution >= 0.6 is 0 Å². The van der Waals surface area contributed by atoms with E-state index in [4.69, 9.17) is 0 Å². The minimum atomic E-state index is -4.98. The Morgan fingerprint density at radius 2 is 1.26 bits per heavy atom. The van der Waals surface area contributed by atoms with Gasteiger partial charge in [-0.05, 0) is 12.1 Å². The minimum Gasteiger partial charge on any atom is -0.326 e. The Morgan fingerprint density at radius 1 is 0.826 bits per heavy atom. The Balaban J connectivity index is 2.46. The molecule has 0 radical (unpaired) electrons. The maximum atomic E-state index is 12.5. The van der Waals surface area contributed by atoms with Crippen LogP contribution in [-0.4, -0.2) is 18.0 Å². The van der Waals surface area contributed by atoms with E-state index in [1.54, 1.807) is 36.4 Å². The smallest absolute Gasteiger partial charge is 0.326 e. The highest BCUT2D eigenvalue weighted by Gasteiger charge is 2.39. The maximum absolute atomic E-state index is 12.5. The van der Waals surface area contributed by atoms with Crippen molar-refractivity contribution in [2.45, 2.75) is 13.1 Å². The summed E-state index contributed by atoms with van der Waals surface area (Å²) >= 11 is 0. The van der Waals surface area contributed by atoms with E-state index >= 15 is 0 Å². The van der Waals surface area contributed by atoms with Crippen molar-refractivity contribution in [2.75, 3.05) is 10.6 Å². The number of hydrogen-bond donors (Lipinski definition) is 2. The highest BCUT2D eigenvalue weighted by Crippen LogP contribution is 2.34. The number of para-hydroxylation sites is 2. The number of alkyl halides is 3. The van der Waals surface area contributed by atoms with Crippen molar-refractivity contribution in [3.63, 3.8) is 0 Å². The van der Waals surface area contributed by atoms with Gasteiger partial charge in [0.05, 0.1) is 0 Å². The molecule has 0 aromatic heterocycles. The molecule has 2 aromatic carbocycles. The number of amides is 2. The molecule has 0 atom stereocenters. The molecule has 2 amide bonds. The molecule has 2 N–H and O–H groups in total. The standard InChI is InChI=1S/C16H13F3N2O2/c1-10(22)20-13-8-4-2-6-11(13)12-7-3-5-9-14(12)21-15(23)16(17,18)19/h2-9H,1H3,(H,20,22)(H,21,23). The van der Waals surface area contributed by atoms with Gasteiger partial charge in [0.25, 0.3) is 0 Å². The van der Waals surface area contributed by atoms with Crippen LogP contribution in [0.15, 0.2) is 48.5 Å². The molecule has 0 bridgehead atoms. The van der Waals surface area contributed by atoms with E-state index < -0.39 is 12.1 Å². The molecular formula is C16H13F3N2O2. The van der Waals surface area contributed by atoms with Gasteiger partial charge in [0.2, 0.25) is 5.91 Å². The summed E-state index contributed by atoms with van der Waals surface area (Å²) in [6.07, 6.45) is -4.98. The largest absolute Gasteiger partial charge is 0.471 e. The van der Waals surface area contributed by atoms with Gasteiger partial charge in [-0.15, -0.1) is 0 Å². The molecule has 2 aromatic rings. The Kier molecular flexibility index (Phi) is 4.68. The third-order valence-electron chi connectivity index (χ3n) is 2.96. The average molecular weight is 322 g/mol. The first-order valence-electron chi connectivity index (χ1n) is 6.63. The van der Waals surface area contributed by atoms with E-state index in [-0.39, 0.29) is 11.6 Å². The topological polar surface area (TPSA) is 58.2 Å². The fourth-order valence-corrected chi connectivity index (χ4v) is 2.04. The summed E-state index contributed by atoms with van der Waals surface area (Å²) in [5.74, 6) is -2.36. The molecule has 0 fully saturated rings. The van der Waals surface area contributed by atoms with Crippen molar-refractivity contribution in [2.24, 2.45) is 0 Å². The molecule has 120 valence electrons. The molecule has 0 unspecified atom stereocenters. The molecule has 0 saturated heterocycles. The van der Waals surface area contributed by atoms with Crippen molar-refractivity contribution in [1.82, 2.24) is 0 Å². The summed E-state index contributed by atoms with van der Waals surface area (Å²) in [6.45, 7) is 1.33. The molecule has 0 heterocycles. The van der Waals surface area contributed by atoms with E-state index in [0.29, 0.717) is 16.8 Å². The quantitative estimate of drug-likeness (QED) is 0.903. The summed E-state index contributed by atoms with van der Waals surface area (Å²) < 4.78 is 37.4. The van der Waals surface area contributed by atoms with E-state index in [1.807, 2.05) is 5.32 Å². The van der Waals surface area contributed by atoms with Crippen LogP contribution in [0.1, 0.15) is 6.92 Å². The van der Waals surface area contributed by atoms with Crippen LogP contribution in [0.5, 0.6) is 0 Å². The minimum absolute atomic E-state index is 0.00706. The molecule has 4 nitrogen and oxygen atoms in total. The second-order valence-corrected chi connectivity index (χ2v) is 4.72. The molecular weight excluding hydrogens is 309 g/mol. The maximum Gasteiger partial charge on any atom is 0.471 e. The van der Waals surface area contributed by atoms with Crippen LogP contribution in [0.2, 0.25) is 0 Å². The Morgan fingerprint density at radius 3 is 1.70 bits per heavy atom. The zero-order valence-corrected chi connectivity index (χ0v) is 12.1. The Labute approximate surface area is 130 Å². The summed E-state index contributed by atoms with van der Waals surface area (Å²) in [4.78, 5) is 22.4. The summed E-state index contributed by atoms with van der Waals surface area (Å²) in [6, 6.07) is 12.7. The van der Waals surface area contributed by atoms with Crippen molar-refractivity contribution >= 4 is 23.2 Å². The molecule has 0 spiro atoms. The number of benzene rings is 2. The SMILES string of the molecule is CC(=O)Nc1ccccc1-c1ccccc1NC(=O)C(F)(F)F. The van der Waals surface area contributed by atoms with Gasteiger partial charge in [-0.1, -0.05) is 36.4 Å². The van der Waals surface area contributed by atoms with Gasteiger partial charge in [0.15, 0.2) is 0 Å². The fraction of sp³-hybridized carbons (Fsp3) is 0.125. The predicted molar refractivity (Wildman–Crippen MR) is 80.9 cm³/mol. The van der Waals surface area contributed by atoms with Crippen LogP contribution in [0.3, 0.4) is 0 Å². The molecule has 0 aliphatic heterocycles. The first-order valence-corrected chi connectivity index (χ1v) is 6.63. The van der Waals surface area contributed by atoms with Crippen molar-refractivity contribution in [3.8, 4) is 11.1 Å². The van der Waals surface area contributed by atoms with E-state index in [0.717, 1.165) is 0 Å². The number of nitrogens with one attached hydrogen (secondary N) is 2.